The Kier molecular flexibility index (Phi) is 7.13. The molecule has 3 saturated carbocycles. The minimum absolute atomic E-state index is 0.223. The number of allylic oxidation sites excluding steroid dienone is 1. The predicted molar refractivity (Wildman–Crippen MR) is 156 cm³/mol. The number of carbonyl (C=O) groups excluding carboxylic acids is 2. The molecule has 9 heteroatoms. The fourth-order valence-corrected chi connectivity index (χ4v) is 10.7. The van der Waals surface area contributed by atoms with E-state index in [0.717, 1.165) is 11.1 Å². The largest absolute Gasteiger partial charge is 0.472 e. The van der Waals surface area contributed by atoms with E-state index in [2.05, 4.69) is 27.7 Å². The number of hydrogen-bond acceptors (Lipinski definition) is 9. The fourth-order valence-electron chi connectivity index (χ4n) is 10.7. The molecule has 6 rings (SSSR count). The van der Waals surface area contributed by atoms with E-state index >= 15 is 0 Å². The summed E-state index contributed by atoms with van der Waals surface area (Å²) in [5, 5.41) is 24.1. The number of aliphatic hydroxyl groups excluding tert-OH is 2. The van der Waals surface area contributed by atoms with Crippen LogP contribution in [-0.2, 0) is 28.5 Å². The summed E-state index contributed by atoms with van der Waals surface area (Å²) in [6.45, 7) is 13.6. The number of esters is 2. The maximum atomic E-state index is 13.4. The van der Waals surface area contributed by atoms with Gasteiger partial charge in [-0.3, -0.25) is 4.79 Å². The summed E-state index contributed by atoms with van der Waals surface area (Å²) in [5.41, 5.74) is -0.505. The Labute approximate surface area is 253 Å². The van der Waals surface area contributed by atoms with Gasteiger partial charge in [0.2, 0.25) is 0 Å². The normalized spacial score (nSPS) is 48.6. The lowest BCUT2D eigenvalue weighted by Crippen LogP contribution is -2.74. The van der Waals surface area contributed by atoms with E-state index in [1.165, 1.54) is 6.92 Å². The van der Waals surface area contributed by atoms with Crippen LogP contribution in [0.1, 0.15) is 72.8 Å². The molecule has 2 N–H and O–H groups in total. The van der Waals surface area contributed by atoms with Crippen molar-refractivity contribution in [2.45, 2.75) is 104 Å². The van der Waals surface area contributed by atoms with Crippen molar-refractivity contribution in [3.63, 3.8) is 0 Å². The van der Waals surface area contributed by atoms with Crippen LogP contribution in [0.3, 0.4) is 0 Å². The lowest BCUT2D eigenvalue weighted by Gasteiger charge is -2.70. The van der Waals surface area contributed by atoms with Gasteiger partial charge in [0.1, 0.15) is 12.2 Å². The van der Waals surface area contributed by atoms with E-state index < -0.39 is 64.1 Å². The molecule has 0 radical (unpaired) electrons. The molecule has 1 aromatic heterocycles. The number of fused-ring (bicyclic) bond motifs is 4. The molecular formula is C34H46O9. The zero-order chi connectivity index (χ0) is 31.3. The van der Waals surface area contributed by atoms with Gasteiger partial charge in [-0.1, -0.05) is 45.4 Å². The summed E-state index contributed by atoms with van der Waals surface area (Å²) >= 11 is 0. The zero-order valence-electron chi connectivity index (χ0n) is 26.5. The summed E-state index contributed by atoms with van der Waals surface area (Å²) in [4.78, 5) is 25.7. The van der Waals surface area contributed by atoms with E-state index in [0.29, 0.717) is 25.0 Å². The molecule has 1 aliphatic heterocycles. The van der Waals surface area contributed by atoms with Gasteiger partial charge >= 0.3 is 11.9 Å². The molecule has 1 aromatic rings. The Balaban J connectivity index is 1.54. The lowest BCUT2D eigenvalue weighted by molar-refractivity contribution is -0.271. The summed E-state index contributed by atoms with van der Waals surface area (Å²) < 4.78 is 30.6. The Hall–Kier alpha value is -2.46. The van der Waals surface area contributed by atoms with E-state index in [1.807, 2.05) is 12.1 Å². The third-order valence-corrected chi connectivity index (χ3v) is 12.7. The van der Waals surface area contributed by atoms with E-state index in [1.54, 1.807) is 39.6 Å². The van der Waals surface area contributed by atoms with Crippen molar-refractivity contribution in [1.29, 1.82) is 0 Å². The van der Waals surface area contributed by atoms with Crippen LogP contribution in [0.2, 0.25) is 0 Å². The number of methoxy groups -OCH3 is 1. The molecule has 2 unspecified atom stereocenters. The van der Waals surface area contributed by atoms with Gasteiger partial charge in [-0.25, -0.2) is 4.79 Å². The Morgan fingerprint density at radius 1 is 1.02 bits per heavy atom. The maximum absolute atomic E-state index is 13.4. The van der Waals surface area contributed by atoms with Gasteiger partial charge in [0.25, 0.3) is 0 Å². The van der Waals surface area contributed by atoms with Crippen LogP contribution in [0.4, 0.5) is 0 Å². The number of rotatable bonds is 5. The molecule has 0 amide bonds. The SMILES string of the molecule is C/C=C(\C)C(=O)O[C@H]1C[C@@H](OC(C)=O)[C@@]2(C)CO[C@@H]3C2[C@@]1(C)C1C[C@H](OC)[C@]2(C)C(=C[C@@H](O)[C@H]2c2ccoc2)[C@]1(C)[C@@H]3O. The summed E-state index contributed by atoms with van der Waals surface area (Å²) in [7, 11) is 1.70. The van der Waals surface area contributed by atoms with Crippen molar-refractivity contribution in [2.24, 2.45) is 33.5 Å². The summed E-state index contributed by atoms with van der Waals surface area (Å²) in [5.74, 6) is -1.66. The molecule has 43 heavy (non-hydrogen) atoms. The number of ether oxygens (including phenoxy) is 4. The molecule has 5 aliphatic rings. The van der Waals surface area contributed by atoms with Crippen LogP contribution >= 0.6 is 0 Å². The molecule has 1 saturated heterocycles. The number of carbonyl (C=O) groups is 2. The highest BCUT2D eigenvalue weighted by molar-refractivity contribution is 5.87. The first-order chi connectivity index (χ1) is 20.2. The highest BCUT2D eigenvalue weighted by Crippen LogP contribution is 2.75. The average molecular weight is 599 g/mol. The predicted octanol–water partition coefficient (Wildman–Crippen LogP) is 4.33. The number of hydrogen-bond donors (Lipinski definition) is 2. The lowest BCUT2D eigenvalue weighted by atomic mass is 9.36. The van der Waals surface area contributed by atoms with E-state index in [9.17, 15) is 19.8 Å². The Bertz CT molecular complexity index is 1350. The van der Waals surface area contributed by atoms with Crippen LogP contribution in [0.15, 0.2) is 46.3 Å². The van der Waals surface area contributed by atoms with E-state index in [-0.39, 0.29) is 23.9 Å². The smallest absolute Gasteiger partial charge is 0.333 e. The van der Waals surface area contributed by atoms with Gasteiger partial charge in [-0.05, 0) is 37.8 Å². The monoisotopic (exact) mass is 598 g/mol. The van der Waals surface area contributed by atoms with Gasteiger partial charge in [-0.2, -0.15) is 0 Å². The van der Waals surface area contributed by atoms with Crippen molar-refractivity contribution in [1.82, 2.24) is 0 Å². The van der Waals surface area contributed by atoms with Crippen LogP contribution in [0.25, 0.3) is 0 Å². The Morgan fingerprint density at radius 2 is 1.74 bits per heavy atom. The summed E-state index contributed by atoms with van der Waals surface area (Å²) in [6, 6.07) is 1.88. The van der Waals surface area contributed by atoms with Crippen molar-refractivity contribution in [2.75, 3.05) is 13.7 Å². The topological polar surface area (TPSA) is 125 Å². The van der Waals surface area contributed by atoms with Gasteiger partial charge in [0.05, 0.1) is 43.5 Å². The first kappa shape index (κ1) is 30.6. The zero-order valence-corrected chi connectivity index (χ0v) is 26.5. The van der Waals surface area contributed by atoms with Crippen molar-refractivity contribution >= 4 is 11.9 Å². The molecule has 4 aliphatic carbocycles. The molecule has 2 heterocycles. The molecule has 236 valence electrons. The molecule has 4 fully saturated rings. The fraction of sp³-hybridized carbons (Fsp3) is 0.706. The second-order valence-corrected chi connectivity index (χ2v) is 14.5. The highest BCUT2D eigenvalue weighted by atomic mass is 16.6. The minimum atomic E-state index is -0.930. The third kappa shape index (κ3) is 3.83. The minimum Gasteiger partial charge on any atom is -0.472 e. The highest BCUT2D eigenvalue weighted by Gasteiger charge is 2.78. The number of furan rings is 1. The molecule has 9 nitrogen and oxygen atoms in total. The first-order valence-electron chi connectivity index (χ1n) is 15.5. The van der Waals surface area contributed by atoms with Gasteiger partial charge in [-0.15, -0.1) is 0 Å². The molecule has 0 bridgehead atoms. The number of aliphatic hydroxyl groups is 2. The first-order valence-corrected chi connectivity index (χ1v) is 15.5. The second-order valence-electron chi connectivity index (χ2n) is 14.5. The van der Waals surface area contributed by atoms with E-state index in [4.69, 9.17) is 23.4 Å². The molecule has 13 atom stereocenters. The van der Waals surface area contributed by atoms with Crippen molar-refractivity contribution < 1.29 is 43.2 Å². The van der Waals surface area contributed by atoms with Gasteiger partial charge in [0.15, 0.2) is 0 Å². The second kappa shape index (κ2) is 10.0. The van der Waals surface area contributed by atoms with Crippen LogP contribution in [0, 0.1) is 33.5 Å². The van der Waals surface area contributed by atoms with Crippen LogP contribution < -0.4 is 0 Å². The molecule has 0 aromatic carbocycles. The van der Waals surface area contributed by atoms with Crippen molar-refractivity contribution in [3.8, 4) is 0 Å². The van der Waals surface area contributed by atoms with Crippen LogP contribution in [-0.4, -0.2) is 72.5 Å². The van der Waals surface area contributed by atoms with Crippen molar-refractivity contribution in [3.05, 3.63) is 47.5 Å². The molecule has 0 spiro atoms. The Morgan fingerprint density at radius 3 is 2.35 bits per heavy atom. The standard InChI is InChI=1S/C34H46O9/c1-9-17(2)30(38)43-25-14-23(42-18(3)35)31(4)16-41-27-28(31)34(25,7)22-13-24(39-8)33(6)21(32(22,5)29(27)37)12-20(36)26(33)19-10-11-40-15-19/h9-12,15,20,22-29,36-37H,13-14,16H2,1-8H3/b17-9+/t20-,22?,23-,24+,25+,26-,27-,28?,29-,31-,32+,33+,34+/m1/s1. The maximum Gasteiger partial charge on any atom is 0.333 e. The molecular weight excluding hydrogens is 552 g/mol. The average Bonchev–Trinajstić information content (AvgIpc) is 3.67. The quantitative estimate of drug-likeness (QED) is 0.290. The van der Waals surface area contributed by atoms with Gasteiger partial charge < -0.3 is 33.6 Å². The van der Waals surface area contributed by atoms with Gasteiger partial charge in [0, 0.05) is 59.5 Å². The van der Waals surface area contributed by atoms with Crippen LogP contribution in [0.5, 0.6) is 0 Å². The third-order valence-electron chi connectivity index (χ3n) is 12.7. The summed E-state index contributed by atoms with van der Waals surface area (Å²) in [6.07, 6.45) is 3.95.